The summed E-state index contributed by atoms with van der Waals surface area (Å²) < 4.78 is 47.8. The quantitative estimate of drug-likeness (QED) is 0.510. The molecule has 1 aliphatic heterocycles. The Kier molecular flexibility index (Phi) is 4.46. The molecule has 11 heteroatoms. The maximum atomic E-state index is 13.1. The third kappa shape index (κ3) is 3.41. The maximum Gasteiger partial charge on any atom is 0.434 e. The SMILES string of the molecule is FC(F)(F)c1cn2c(-c3nccc(-c4cnn(C5CCOCC5)c4)n3)cnc2cn1. The highest BCUT2D eigenvalue weighted by atomic mass is 19.4. The molecule has 1 fully saturated rings. The molecule has 0 bridgehead atoms. The molecule has 0 unspecified atom stereocenters. The Balaban J connectivity index is 1.50. The van der Waals surface area contributed by atoms with Crippen LogP contribution in [0.4, 0.5) is 13.2 Å². The van der Waals surface area contributed by atoms with E-state index in [-0.39, 0.29) is 17.5 Å². The summed E-state index contributed by atoms with van der Waals surface area (Å²) in [6.07, 6.45) is 5.85. The molecule has 0 saturated carbocycles. The Morgan fingerprint density at radius 3 is 2.63 bits per heavy atom. The molecule has 1 aliphatic rings. The molecule has 0 aromatic carbocycles. The first-order chi connectivity index (χ1) is 14.5. The van der Waals surface area contributed by atoms with E-state index >= 15 is 0 Å². The summed E-state index contributed by atoms with van der Waals surface area (Å²) in [5.41, 5.74) is 1.04. The van der Waals surface area contributed by atoms with Gasteiger partial charge in [0.05, 0.1) is 30.3 Å². The van der Waals surface area contributed by atoms with Gasteiger partial charge < -0.3 is 4.74 Å². The van der Waals surface area contributed by atoms with Crippen LogP contribution < -0.4 is 0 Å². The molecule has 0 N–H and O–H groups in total. The topological polar surface area (TPSA) is 83.0 Å². The Morgan fingerprint density at radius 1 is 1.00 bits per heavy atom. The highest BCUT2D eigenvalue weighted by molar-refractivity contribution is 5.62. The fourth-order valence-corrected chi connectivity index (χ4v) is 3.46. The lowest BCUT2D eigenvalue weighted by Crippen LogP contribution is -2.19. The van der Waals surface area contributed by atoms with Crippen LogP contribution in [-0.4, -0.2) is 47.3 Å². The van der Waals surface area contributed by atoms with Gasteiger partial charge in [0.1, 0.15) is 5.69 Å². The van der Waals surface area contributed by atoms with Gasteiger partial charge >= 0.3 is 6.18 Å². The molecule has 4 aromatic heterocycles. The zero-order valence-corrected chi connectivity index (χ0v) is 15.6. The van der Waals surface area contributed by atoms with E-state index in [9.17, 15) is 13.2 Å². The number of hydrogen-bond acceptors (Lipinski definition) is 6. The fourth-order valence-electron chi connectivity index (χ4n) is 3.46. The first kappa shape index (κ1) is 18.7. The standard InChI is InChI=1S/C19H16F3N7O/c20-19(21,22)16-11-28-15(8-25-17(28)9-24-16)18-23-4-1-14(27-18)12-7-26-29(10-12)13-2-5-30-6-3-13/h1,4,7-11,13H,2-3,5-6H2. The third-order valence-corrected chi connectivity index (χ3v) is 5.03. The van der Waals surface area contributed by atoms with Crippen LogP contribution in [0.1, 0.15) is 24.6 Å². The number of nitrogens with zero attached hydrogens (tertiary/aromatic N) is 7. The van der Waals surface area contributed by atoms with E-state index in [4.69, 9.17) is 4.74 Å². The van der Waals surface area contributed by atoms with Crippen molar-refractivity contribution in [3.63, 3.8) is 0 Å². The number of fused-ring (bicyclic) bond motifs is 1. The van der Waals surface area contributed by atoms with Gasteiger partial charge in [-0.05, 0) is 18.9 Å². The van der Waals surface area contributed by atoms with Crippen LogP contribution in [0.25, 0.3) is 28.4 Å². The van der Waals surface area contributed by atoms with Crippen molar-refractivity contribution in [2.45, 2.75) is 25.1 Å². The first-order valence-corrected chi connectivity index (χ1v) is 9.35. The predicted molar refractivity (Wildman–Crippen MR) is 99.3 cm³/mol. The van der Waals surface area contributed by atoms with Crippen molar-refractivity contribution in [2.75, 3.05) is 13.2 Å². The maximum absolute atomic E-state index is 13.1. The molecule has 30 heavy (non-hydrogen) atoms. The molecule has 0 spiro atoms. The molecule has 0 aliphatic carbocycles. The van der Waals surface area contributed by atoms with Crippen LogP contribution in [0.3, 0.4) is 0 Å². The van der Waals surface area contributed by atoms with Crippen molar-refractivity contribution in [3.05, 3.63) is 48.9 Å². The minimum atomic E-state index is -4.56. The summed E-state index contributed by atoms with van der Waals surface area (Å²) >= 11 is 0. The van der Waals surface area contributed by atoms with Gasteiger partial charge in [0.25, 0.3) is 0 Å². The van der Waals surface area contributed by atoms with Crippen LogP contribution in [-0.2, 0) is 10.9 Å². The highest BCUT2D eigenvalue weighted by Gasteiger charge is 2.33. The average Bonchev–Trinajstić information content (AvgIpc) is 3.41. The van der Waals surface area contributed by atoms with Gasteiger partial charge in [0, 0.05) is 37.4 Å². The Labute approximate surface area is 168 Å². The highest BCUT2D eigenvalue weighted by Crippen LogP contribution is 2.29. The number of aromatic nitrogens is 7. The second kappa shape index (κ2) is 7.17. The van der Waals surface area contributed by atoms with Crippen LogP contribution >= 0.6 is 0 Å². The Hall–Kier alpha value is -3.34. The Bertz CT molecular complexity index is 1190. The lowest BCUT2D eigenvalue weighted by Gasteiger charge is -2.22. The van der Waals surface area contributed by atoms with E-state index in [1.807, 2.05) is 10.9 Å². The summed E-state index contributed by atoms with van der Waals surface area (Å²) in [4.78, 5) is 16.3. The predicted octanol–water partition coefficient (Wildman–Crippen LogP) is 3.42. The number of halogens is 3. The molecule has 5 heterocycles. The average molecular weight is 415 g/mol. The van der Waals surface area contributed by atoms with E-state index in [0.29, 0.717) is 24.6 Å². The smallest absolute Gasteiger partial charge is 0.381 e. The first-order valence-electron chi connectivity index (χ1n) is 9.35. The second-order valence-corrected chi connectivity index (χ2v) is 6.96. The van der Waals surface area contributed by atoms with Crippen LogP contribution in [0.2, 0.25) is 0 Å². The van der Waals surface area contributed by atoms with Crippen molar-refractivity contribution >= 4 is 5.65 Å². The van der Waals surface area contributed by atoms with Crippen molar-refractivity contribution in [1.29, 1.82) is 0 Å². The lowest BCUT2D eigenvalue weighted by atomic mass is 10.1. The molecule has 1 saturated heterocycles. The molecule has 4 aromatic rings. The van der Waals surface area contributed by atoms with Crippen molar-refractivity contribution in [1.82, 2.24) is 34.1 Å². The van der Waals surface area contributed by atoms with Gasteiger partial charge in [0.15, 0.2) is 17.2 Å². The van der Waals surface area contributed by atoms with Crippen LogP contribution in [0.5, 0.6) is 0 Å². The molecule has 154 valence electrons. The van der Waals surface area contributed by atoms with Gasteiger partial charge in [-0.2, -0.15) is 18.3 Å². The summed E-state index contributed by atoms with van der Waals surface area (Å²) in [7, 11) is 0. The van der Waals surface area contributed by atoms with Crippen molar-refractivity contribution in [2.24, 2.45) is 0 Å². The fraction of sp³-hybridized carbons (Fsp3) is 0.316. The third-order valence-electron chi connectivity index (χ3n) is 5.03. The molecule has 5 rings (SSSR count). The van der Waals surface area contributed by atoms with E-state index in [2.05, 4.69) is 25.0 Å². The van der Waals surface area contributed by atoms with E-state index in [1.165, 1.54) is 10.6 Å². The molecule has 0 amide bonds. The monoisotopic (exact) mass is 415 g/mol. The molecule has 0 atom stereocenters. The zero-order chi connectivity index (χ0) is 20.7. The largest absolute Gasteiger partial charge is 0.434 e. The zero-order valence-electron chi connectivity index (χ0n) is 15.6. The molecular formula is C19H16F3N7O. The summed E-state index contributed by atoms with van der Waals surface area (Å²) in [6.45, 7) is 1.42. The summed E-state index contributed by atoms with van der Waals surface area (Å²) in [5.74, 6) is 0.262. The number of imidazole rings is 1. The van der Waals surface area contributed by atoms with Crippen molar-refractivity contribution in [3.8, 4) is 22.8 Å². The van der Waals surface area contributed by atoms with E-state index in [1.54, 1.807) is 18.5 Å². The minimum absolute atomic E-state index is 0.262. The van der Waals surface area contributed by atoms with Gasteiger partial charge in [-0.1, -0.05) is 0 Å². The van der Waals surface area contributed by atoms with Crippen LogP contribution in [0, 0.1) is 0 Å². The van der Waals surface area contributed by atoms with E-state index < -0.39 is 11.9 Å². The number of rotatable bonds is 3. The van der Waals surface area contributed by atoms with Gasteiger partial charge in [-0.25, -0.2) is 19.9 Å². The number of ether oxygens (including phenoxy) is 1. The molecular weight excluding hydrogens is 399 g/mol. The van der Waals surface area contributed by atoms with Gasteiger partial charge in [0.2, 0.25) is 0 Å². The van der Waals surface area contributed by atoms with Crippen LogP contribution in [0.15, 0.2) is 43.2 Å². The molecule has 0 radical (unpaired) electrons. The normalized spacial score (nSPS) is 15.7. The van der Waals surface area contributed by atoms with Crippen molar-refractivity contribution < 1.29 is 17.9 Å². The van der Waals surface area contributed by atoms with Gasteiger partial charge in [-0.15, -0.1) is 0 Å². The second-order valence-electron chi connectivity index (χ2n) is 6.96. The minimum Gasteiger partial charge on any atom is -0.381 e. The molecule has 8 nitrogen and oxygen atoms in total. The Morgan fingerprint density at radius 2 is 1.83 bits per heavy atom. The lowest BCUT2D eigenvalue weighted by molar-refractivity contribution is -0.141. The van der Waals surface area contributed by atoms with Gasteiger partial charge in [-0.3, -0.25) is 9.08 Å². The summed E-state index contributed by atoms with van der Waals surface area (Å²) in [5, 5.41) is 4.45. The number of alkyl halides is 3. The summed E-state index contributed by atoms with van der Waals surface area (Å²) in [6, 6.07) is 2.02. The van der Waals surface area contributed by atoms with E-state index in [0.717, 1.165) is 30.8 Å². The number of hydrogen-bond donors (Lipinski definition) is 0.